The molecule has 11 heteroatoms. The van der Waals surface area contributed by atoms with Crippen molar-refractivity contribution in [1.29, 1.82) is 0 Å². The van der Waals surface area contributed by atoms with Crippen molar-refractivity contribution in [3.63, 3.8) is 0 Å². The van der Waals surface area contributed by atoms with Crippen molar-refractivity contribution in [1.82, 2.24) is 24.6 Å². The first kappa shape index (κ1) is 16.6. The van der Waals surface area contributed by atoms with E-state index in [9.17, 15) is 22.0 Å². The molecule has 26 heavy (non-hydrogen) atoms. The Morgan fingerprint density at radius 1 is 1.23 bits per heavy atom. The van der Waals surface area contributed by atoms with Gasteiger partial charge in [-0.1, -0.05) is 0 Å². The van der Waals surface area contributed by atoms with Gasteiger partial charge in [-0.05, 0) is 6.07 Å². The van der Waals surface area contributed by atoms with Gasteiger partial charge in [0.15, 0.2) is 11.5 Å². The summed E-state index contributed by atoms with van der Waals surface area (Å²) >= 11 is 0. The number of halogens is 5. The third kappa shape index (κ3) is 2.93. The van der Waals surface area contributed by atoms with Gasteiger partial charge < -0.3 is 4.74 Å². The molecule has 0 aromatic carbocycles. The van der Waals surface area contributed by atoms with Gasteiger partial charge in [-0.3, -0.25) is 9.38 Å². The fourth-order valence-electron chi connectivity index (χ4n) is 2.42. The number of ether oxygens (including phenoxy) is 1. The number of hydrogen-bond donors (Lipinski definition) is 0. The van der Waals surface area contributed by atoms with Crippen molar-refractivity contribution in [2.45, 2.75) is 18.8 Å². The van der Waals surface area contributed by atoms with Crippen LogP contribution in [0.25, 0.3) is 16.9 Å². The van der Waals surface area contributed by atoms with E-state index in [1.54, 1.807) is 0 Å². The number of alkyl halides is 4. The first-order valence-corrected chi connectivity index (χ1v) is 7.50. The molecule has 1 saturated carbocycles. The Labute approximate surface area is 142 Å². The molecule has 1 aliphatic carbocycles. The maximum atomic E-state index is 14.1. The summed E-state index contributed by atoms with van der Waals surface area (Å²) in [5, 5.41) is 6.94. The average molecular weight is 371 g/mol. The Kier molecular flexibility index (Phi) is 3.74. The van der Waals surface area contributed by atoms with Crippen molar-refractivity contribution < 1.29 is 26.7 Å². The molecule has 3 aromatic heterocycles. The van der Waals surface area contributed by atoms with Crippen LogP contribution < -0.4 is 4.74 Å². The van der Waals surface area contributed by atoms with Gasteiger partial charge in [0.05, 0.1) is 24.4 Å². The zero-order chi connectivity index (χ0) is 18.5. The highest BCUT2D eigenvalue weighted by Gasteiger charge is 2.57. The molecule has 1 fully saturated rings. The molecule has 0 N–H and O–H groups in total. The molecule has 0 bridgehead atoms. The first-order valence-electron chi connectivity index (χ1n) is 7.50. The Morgan fingerprint density at radius 3 is 2.65 bits per heavy atom. The van der Waals surface area contributed by atoms with Gasteiger partial charge in [0.1, 0.15) is 0 Å². The molecule has 3 aromatic rings. The van der Waals surface area contributed by atoms with Gasteiger partial charge in [0.2, 0.25) is 11.7 Å². The number of fused-ring (bicyclic) bond motifs is 1. The molecule has 0 aliphatic heterocycles. The van der Waals surface area contributed by atoms with E-state index in [0.717, 1.165) is 10.5 Å². The minimum Gasteiger partial charge on any atom is -0.475 e. The van der Waals surface area contributed by atoms with Crippen LogP contribution in [-0.2, 0) is 0 Å². The third-order valence-corrected chi connectivity index (χ3v) is 3.99. The summed E-state index contributed by atoms with van der Waals surface area (Å²) in [7, 11) is 0. The highest BCUT2D eigenvalue weighted by Crippen LogP contribution is 2.48. The molecule has 0 unspecified atom stereocenters. The van der Waals surface area contributed by atoms with Crippen LogP contribution in [0, 0.1) is 11.7 Å². The van der Waals surface area contributed by atoms with Crippen molar-refractivity contribution in [3.05, 3.63) is 36.3 Å². The van der Waals surface area contributed by atoms with Crippen LogP contribution in [0.2, 0.25) is 0 Å². The van der Waals surface area contributed by atoms with E-state index in [4.69, 9.17) is 4.74 Å². The quantitative estimate of drug-likeness (QED) is 0.644. The summed E-state index contributed by atoms with van der Waals surface area (Å²) in [4.78, 5) is 7.77. The number of rotatable bonds is 5. The monoisotopic (exact) mass is 371 g/mol. The second kappa shape index (κ2) is 5.85. The Morgan fingerprint density at radius 2 is 2.00 bits per heavy atom. The Hall–Kier alpha value is -2.85. The van der Waals surface area contributed by atoms with Gasteiger partial charge in [0, 0.05) is 24.4 Å². The molecule has 136 valence electrons. The highest BCUT2D eigenvalue weighted by molar-refractivity contribution is 5.59. The van der Waals surface area contributed by atoms with Crippen LogP contribution in [0.1, 0.15) is 18.7 Å². The van der Waals surface area contributed by atoms with Crippen molar-refractivity contribution in [2.24, 2.45) is 5.92 Å². The molecule has 6 nitrogen and oxygen atoms in total. The fourth-order valence-corrected chi connectivity index (χ4v) is 2.42. The standard InChI is InChI=1S/C15H10F5N5O/c16-9-1-7(3-22-14(9)26-6-8-2-15(8,19)20)10-5-25-11(4-21-10)23-24-13(25)12(17)18/h1,3-5,8,12H,2,6H2/t8-/m1/s1. The van der Waals surface area contributed by atoms with Crippen LogP contribution in [0.15, 0.2) is 24.7 Å². The predicted molar refractivity (Wildman–Crippen MR) is 77.5 cm³/mol. The third-order valence-electron chi connectivity index (χ3n) is 3.99. The van der Waals surface area contributed by atoms with Crippen molar-refractivity contribution in [2.75, 3.05) is 6.61 Å². The zero-order valence-corrected chi connectivity index (χ0v) is 12.9. The summed E-state index contributed by atoms with van der Waals surface area (Å²) in [6.07, 6.45) is 0.530. The van der Waals surface area contributed by atoms with Gasteiger partial charge in [-0.15, -0.1) is 10.2 Å². The van der Waals surface area contributed by atoms with Crippen LogP contribution >= 0.6 is 0 Å². The van der Waals surface area contributed by atoms with E-state index < -0.39 is 35.8 Å². The molecule has 1 atom stereocenters. The maximum Gasteiger partial charge on any atom is 0.297 e. The number of hydrogen-bond acceptors (Lipinski definition) is 5. The molecule has 0 spiro atoms. The summed E-state index contributed by atoms with van der Waals surface area (Å²) < 4.78 is 71.6. The largest absolute Gasteiger partial charge is 0.475 e. The summed E-state index contributed by atoms with van der Waals surface area (Å²) in [6.45, 7) is -0.334. The van der Waals surface area contributed by atoms with E-state index in [1.165, 1.54) is 18.6 Å². The lowest BCUT2D eigenvalue weighted by molar-refractivity contribution is 0.0842. The van der Waals surface area contributed by atoms with E-state index in [-0.39, 0.29) is 29.9 Å². The SMILES string of the molecule is Fc1cc(-c2cn3c(C(F)F)nnc3cn2)cnc1OC[C@H]1CC1(F)F. The maximum absolute atomic E-state index is 14.1. The average Bonchev–Trinajstić information content (AvgIpc) is 3.02. The fraction of sp³-hybridized carbons (Fsp3) is 0.333. The smallest absolute Gasteiger partial charge is 0.297 e. The Balaban J connectivity index is 1.58. The lowest BCUT2D eigenvalue weighted by Crippen LogP contribution is -2.07. The second-order valence-electron chi connectivity index (χ2n) is 5.84. The molecule has 1 aliphatic rings. The van der Waals surface area contributed by atoms with Crippen LogP contribution in [0.5, 0.6) is 5.88 Å². The normalized spacial score (nSPS) is 18.5. The van der Waals surface area contributed by atoms with Crippen molar-refractivity contribution >= 4 is 5.65 Å². The van der Waals surface area contributed by atoms with Crippen molar-refractivity contribution in [3.8, 4) is 17.1 Å². The molecular formula is C15H10F5N5O. The lowest BCUT2D eigenvalue weighted by Gasteiger charge is -2.07. The Bertz CT molecular complexity index is 976. The lowest BCUT2D eigenvalue weighted by atomic mass is 10.2. The zero-order valence-electron chi connectivity index (χ0n) is 12.9. The summed E-state index contributed by atoms with van der Waals surface area (Å²) in [6, 6.07) is 1.04. The first-order chi connectivity index (χ1) is 12.3. The molecular weight excluding hydrogens is 361 g/mol. The topological polar surface area (TPSA) is 65.2 Å². The molecule has 0 saturated heterocycles. The number of aromatic nitrogens is 5. The minimum absolute atomic E-state index is 0.114. The van der Waals surface area contributed by atoms with Gasteiger partial charge >= 0.3 is 0 Å². The molecule has 3 heterocycles. The van der Waals surface area contributed by atoms with E-state index in [2.05, 4.69) is 20.2 Å². The van der Waals surface area contributed by atoms with Gasteiger partial charge in [0.25, 0.3) is 12.3 Å². The highest BCUT2D eigenvalue weighted by atomic mass is 19.3. The van der Waals surface area contributed by atoms with E-state index >= 15 is 0 Å². The molecule has 0 radical (unpaired) electrons. The second-order valence-corrected chi connectivity index (χ2v) is 5.84. The van der Waals surface area contributed by atoms with Gasteiger partial charge in [-0.25, -0.2) is 26.9 Å². The van der Waals surface area contributed by atoms with Crippen LogP contribution in [-0.4, -0.2) is 37.1 Å². The minimum atomic E-state index is -2.84. The van der Waals surface area contributed by atoms with Gasteiger partial charge in [-0.2, -0.15) is 0 Å². The van der Waals surface area contributed by atoms with E-state index in [1.807, 2.05) is 0 Å². The van der Waals surface area contributed by atoms with Crippen LogP contribution in [0.4, 0.5) is 22.0 Å². The molecule has 4 rings (SSSR count). The van der Waals surface area contributed by atoms with Crippen LogP contribution in [0.3, 0.4) is 0 Å². The van der Waals surface area contributed by atoms with E-state index in [0.29, 0.717) is 0 Å². The summed E-state index contributed by atoms with van der Waals surface area (Å²) in [5.74, 6) is -5.55. The summed E-state index contributed by atoms with van der Waals surface area (Å²) in [5.41, 5.74) is 0.469. The predicted octanol–water partition coefficient (Wildman–Crippen LogP) is 3.30. The number of nitrogens with zero attached hydrogens (tertiary/aromatic N) is 5. The number of pyridine rings is 1. The molecule has 0 amide bonds.